The molecule has 0 heterocycles. The maximum Gasteiger partial charge on any atom is 0.337 e. The van der Waals surface area contributed by atoms with Crippen molar-refractivity contribution >= 4 is 5.97 Å². The van der Waals surface area contributed by atoms with E-state index in [2.05, 4.69) is 50.6 Å². The van der Waals surface area contributed by atoms with E-state index in [1.54, 1.807) is 12.1 Å². The Labute approximate surface area is 134 Å². The molecule has 0 unspecified atom stereocenters. The van der Waals surface area contributed by atoms with Gasteiger partial charge >= 0.3 is 5.97 Å². The maximum atomic E-state index is 11.0. The van der Waals surface area contributed by atoms with Crippen LogP contribution in [0.15, 0.2) is 42.5 Å². The van der Waals surface area contributed by atoms with Crippen LogP contribution in [0.4, 0.5) is 0 Å². The smallest absolute Gasteiger partial charge is 0.337 e. The van der Waals surface area contributed by atoms with E-state index in [-0.39, 0.29) is 5.97 Å². The minimum atomic E-state index is -0.280. The van der Waals surface area contributed by atoms with Gasteiger partial charge in [-0.25, -0.2) is 4.79 Å². The predicted octanol–water partition coefficient (Wildman–Crippen LogP) is 4.90. The topological polar surface area (TPSA) is 26.3 Å². The van der Waals surface area contributed by atoms with Crippen molar-refractivity contribution < 1.29 is 9.53 Å². The second-order valence-corrected chi connectivity index (χ2v) is 5.39. The maximum absolute atomic E-state index is 11.0. The lowest BCUT2D eigenvalue weighted by atomic mass is 10.1. The number of aryl methyl sites for hydroxylation is 4. The summed E-state index contributed by atoms with van der Waals surface area (Å²) in [7, 11) is 1.38. The van der Waals surface area contributed by atoms with Crippen molar-refractivity contribution in [2.45, 2.75) is 40.5 Å². The highest BCUT2D eigenvalue weighted by Crippen LogP contribution is 2.08. The lowest BCUT2D eigenvalue weighted by Crippen LogP contribution is -2.00. The summed E-state index contributed by atoms with van der Waals surface area (Å²) >= 11 is 0. The summed E-state index contributed by atoms with van der Waals surface area (Å²) in [6, 6.07) is 14.1. The number of ether oxygens (including phenoxy) is 1. The minimum absolute atomic E-state index is 0.280. The van der Waals surface area contributed by atoms with Gasteiger partial charge in [-0.05, 0) is 49.9 Å². The van der Waals surface area contributed by atoms with Gasteiger partial charge in [-0.1, -0.05) is 55.3 Å². The monoisotopic (exact) mass is 298 g/mol. The van der Waals surface area contributed by atoms with Crippen LogP contribution in [0.3, 0.4) is 0 Å². The first kappa shape index (κ1) is 18.0. The molecule has 0 atom stereocenters. The molecule has 0 N–H and O–H groups in total. The van der Waals surface area contributed by atoms with Crippen LogP contribution in [0.25, 0.3) is 0 Å². The van der Waals surface area contributed by atoms with Gasteiger partial charge in [0.15, 0.2) is 0 Å². The molecule has 0 bridgehead atoms. The fourth-order valence-corrected chi connectivity index (χ4v) is 2.27. The molecule has 0 aliphatic rings. The number of carbonyl (C=O) groups excluding carboxylic acids is 1. The summed E-state index contributed by atoms with van der Waals surface area (Å²) in [5.41, 5.74) is 6.02. The summed E-state index contributed by atoms with van der Waals surface area (Å²) in [5.74, 6) is -0.280. The molecule has 118 valence electrons. The third-order valence-electron chi connectivity index (χ3n) is 3.47. The van der Waals surface area contributed by atoms with Gasteiger partial charge < -0.3 is 4.74 Å². The summed E-state index contributed by atoms with van der Waals surface area (Å²) < 4.78 is 4.57. The van der Waals surface area contributed by atoms with Crippen molar-refractivity contribution in [1.82, 2.24) is 0 Å². The van der Waals surface area contributed by atoms with Gasteiger partial charge in [0, 0.05) is 0 Å². The van der Waals surface area contributed by atoms with Crippen LogP contribution in [-0.4, -0.2) is 13.1 Å². The van der Waals surface area contributed by atoms with Crippen molar-refractivity contribution in [3.8, 4) is 0 Å². The lowest BCUT2D eigenvalue weighted by Gasteiger charge is -2.00. The molecule has 2 heteroatoms. The molecule has 0 aliphatic heterocycles. The molecule has 2 nitrogen and oxygen atoms in total. The number of esters is 1. The fourth-order valence-electron chi connectivity index (χ4n) is 2.27. The summed E-state index contributed by atoms with van der Waals surface area (Å²) in [6.45, 7) is 8.56. The van der Waals surface area contributed by atoms with Crippen LogP contribution >= 0.6 is 0 Å². The largest absolute Gasteiger partial charge is 0.465 e. The van der Waals surface area contributed by atoms with Crippen molar-refractivity contribution in [1.29, 1.82) is 0 Å². The molecule has 0 amide bonds. The van der Waals surface area contributed by atoms with Crippen LogP contribution in [-0.2, 0) is 17.6 Å². The van der Waals surface area contributed by atoms with Gasteiger partial charge in [-0.3, -0.25) is 0 Å². The molecule has 0 aliphatic carbocycles. The number of rotatable bonds is 3. The minimum Gasteiger partial charge on any atom is -0.465 e. The van der Waals surface area contributed by atoms with Crippen molar-refractivity contribution in [2.24, 2.45) is 0 Å². The number of hydrogen-bond acceptors (Lipinski definition) is 2. The average Bonchev–Trinajstić information content (AvgIpc) is 2.53. The van der Waals surface area contributed by atoms with Crippen LogP contribution in [0.2, 0.25) is 0 Å². The highest BCUT2D eigenvalue weighted by atomic mass is 16.5. The van der Waals surface area contributed by atoms with E-state index in [4.69, 9.17) is 0 Å². The zero-order valence-corrected chi connectivity index (χ0v) is 14.3. The average molecular weight is 298 g/mol. The Hall–Kier alpha value is -2.09. The van der Waals surface area contributed by atoms with E-state index in [0.29, 0.717) is 5.56 Å². The molecule has 0 aromatic heterocycles. The standard InChI is InChI=1S/C10H12O2.C10H14/c1-3-8-4-6-9(7-5-8)10(11)12-2;1-4-10-6-8(2)5-9(3)7-10/h4-7H,3H2,1-2H3;5-7H,4H2,1-3H3. The van der Waals surface area contributed by atoms with Gasteiger partial charge in [0.2, 0.25) is 0 Å². The molecule has 2 rings (SSSR count). The summed E-state index contributed by atoms with van der Waals surface area (Å²) in [6.07, 6.45) is 2.13. The number of hydrogen-bond donors (Lipinski definition) is 0. The highest BCUT2D eigenvalue weighted by molar-refractivity contribution is 5.89. The molecule has 0 saturated carbocycles. The van der Waals surface area contributed by atoms with Gasteiger partial charge in [0.05, 0.1) is 12.7 Å². The van der Waals surface area contributed by atoms with E-state index in [0.717, 1.165) is 12.8 Å². The second kappa shape index (κ2) is 9.04. The number of carbonyl (C=O) groups is 1. The van der Waals surface area contributed by atoms with Gasteiger partial charge in [0.25, 0.3) is 0 Å². The molecule has 2 aromatic rings. The molecule has 2 aromatic carbocycles. The SMILES string of the molecule is CCc1cc(C)cc(C)c1.CCc1ccc(C(=O)OC)cc1. The van der Waals surface area contributed by atoms with E-state index < -0.39 is 0 Å². The lowest BCUT2D eigenvalue weighted by molar-refractivity contribution is 0.0600. The molecular formula is C20H26O2. The Morgan fingerprint density at radius 2 is 1.36 bits per heavy atom. The highest BCUT2D eigenvalue weighted by Gasteiger charge is 2.02. The molecule has 22 heavy (non-hydrogen) atoms. The van der Waals surface area contributed by atoms with E-state index >= 15 is 0 Å². The Morgan fingerprint density at radius 3 is 1.77 bits per heavy atom. The summed E-state index contributed by atoms with van der Waals surface area (Å²) in [5, 5.41) is 0. The Morgan fingerprint density at radius 1 is 0.864 bits per heavy atom. The first-order valence-electron chi connectivity index (χ1n) is 7.74. The van der Waals surface area contributed by atoms with Crippen LogP contribution in [0.5, 0.6) is 0 Å². The first-order valence-corrected chi connectivity index (χ1v) is 7.74. The van der Waals surface area contributed by atoms with Crippen molar-refractivity contribution in [3.05, 3.63) is 70.3 Å². The Kier molecular flexibility index (Phi) is 7.38. The second-order valence-electron chi connectivity index (χ2n) is 5.39. The Bertz CT molecular complexity index is 577. The van der Waals surface area contributed by atoms with Gasteiger partial charge in [-0.2, -0.15) is 0 Å². The van der Waals surface area contributed by atoms with Crippen molar-refractivity contribution in [3.63, 3.8) is 0 Å². The predicted molar refractivity (Wildman–Crippen MR) is 92.5 cm³/mol. The fraction of sp³-hybridized carbons (Fsp3) is 0.350. The van der Waals surface area contributed by atoms with Crippen molar-refractivity contribution in [2.75, 3.05) is 7.11 Å². The quantitative estimate of drug-likeness (QED) is 0.753. The van der Waals surface area contributed by atoms with Crippen LogP contribution in [0, 0.1) is 13.8 Å². The molecule has 0 saturated heterocycles. The third-order valence-corrected chi connectivity index (χ3v) is 3.47. The van der Waals surface area contributed by atoms with Gasteiger partial charge in [-0.15, -0.1) is 0 Å². The van der Waals surface area contributed by atoms with Crippen LogP contribution < -0.4 is 0 Å². The zero-order valence-electron chi connectivity index (χ0n) is 14.3. The molecule has 0 fully saturated rings. The molecule has 0 radical (unpaired) electrons. The first-order chi connectivity index (χ1) is 10.5. The normalized spacial score (nSPS) is 9.68. The zero-order chi connectivity index (χ0) is 16.5. The Balaban J connectivity index is 0.000000224. The number of methoxy groups -OCH3 is 1. The molecular weight excluding hydrogens is 272 g/mol. The van der Waals surface area contributed by atoms with Crippen LogP contribution in [0.1, 0.15) is 46.5 Å². The van der Waals surface area contributed by atoms with E-state index in [1.165, 1.54) is 29.4 Å². The van der Waals surface area contributed by atoms with E-state index in [9.17, 15) is 4.79 Å². The van der Waals surface area contributed by atoms with Gasteiger partial charge in [0.1, 0.15) is 0 Å². The van der Waals surface area contributed by atoms with E-state index in [1.807, 2.05) is 12.1 Å². The molecule has 0 spiro atoms. The third kappa shape index (κ3) is 5.72. The summed E-state index contributed by atoms with van der Waals surface area (Å²) in [4.78, 5) is 11.0. The number of benzene rings is 2.